The summed E-state index contributed by atoms with van der Waals surface area (Å²) in [6.45, 7) is 0. The average molecular weight is 220 g/mol. The smallest absolute Gasteiger partial charge is 0.254 e. The molecule has 0 aromatic carbocycles. The minimum absolute atomic E-state index is 0.0433. The molecule has 16 heavy (non-hydrogen) atoms. The van der Waals surface area contributed by atoms with Crippen molar-refractivity contribution in [3.05, 3.63) is 29.8 Å². The third kappa shape index (κ3) is 1.49. The first-order valence-electron chi connectivity index (χ1n) is 5.71. The average Bonchev–Trinajstić information content (AvgIpc) is 3.02. The number of hydrogen-bond donors (Lipinski definition) is 0. The molecule has 4 heteroatoms. The Hall–Kier alpha value is -1.45. The van der Waals surface area contributed by atoms with Crippen molar-refractivity contribution >= 4 is 5.91 Å². The molecule has 0 bridgehead atoms. The van der Waals surface area contributed by atoms with Crippen LogP contribution >= 0.6 is 0 Å². The monoisotopic (exact) mass is 220 g/mol. The lowest BCUT2D eigenvalue weighted by molar-refractivity contribution is 0.0864. The minimum atomic E-state index is -0.587. The van der Waals surface area contributed by atoms with Gasteiger partial charge in [-0.05, 0) is 18.9 Å². The summed E-state index contributed by atoms with van der Waals surface area (Å²) in [5.74, 6) is -0.631. The van der Waals surface area contributed by atoms with Gasteiger partial charge in [-0.2, -0.15) is 4.39 Å². The summed E-state index contributed by atoms with van der Waals surface area (Å²) in [7, 11) is 0. The Bertz CT molecular complexity index is 423. The van der Waals surface area contributed by atoms with Crippen LogP contribution in [0.4, 0.5) is 4.39 Å². The van der Waals surface area contributed by atoms with Gasteiger partial charge in [-0.25, -0.2) is 4.98 Å². The highest BCUT2D eigenvalue weighted by Gasteiger charge is 2.51. The SMILES string of the molecule is O=C(c1ccnc(F)c1)N1[C@@H]2CCCC[C@H]21. The van der Waals surface area contributed by atoms with E-state index in [4.69, 9.17) is 0 Å². The van der Waals surface area contributed by atoms with E-state index in [0.717, 1.165) is 12.8 Å². The van der Waals surface area contributed by atoms with Gasteiger partial charge in [0.05, 0.1) is 12.1 Å². The van der Waals surface area contributed by atoms with E-state index in [-0.39, 0.29) is 5.91 Å². The van der Waals surface area contributed by atoms with Gasteiger partial charge in [0, 0.05) is 17.8 Å². The lowest BCUT2D eigenvalue weighted by atomic mass is 10.0. The van der Waals surface area contributed by atoms with Crippen LogP contribution in [0.3, 0.4) is 0 Å². The third-order valence-electron chi connectivity index (χ3n) is 3.53. The molecule has 0 N–H and O–H groups in total. The molecule has 2 atom stereocenters. The zero-order valence-electron chi connectivity index (χ0n) is 8.90. The van der Waals surface area contributed by atoms with Crippen LogP contribution in [0.5, 0.6) is 0 Å². The number of hydrogen-bond acceptors (Lipinski definition) is 2. The Morgan fingerprint density at radius 2 is 2.06 bits per heavy atom. The van der Waals surface area contributed by atoms with Crippen molar-refractivity contribution in [3.8, 4) is 0 Å². The van der Waals surface area contributed by atoms with E-state index in [1.807, 2.05) is 4.90 Å². The molecule has 1 aromatic rings. The molecule has 0 radical (unpaired) electrons. The van der Waals surface area contributed by atoms with Gasteiger partial charge in [0.25, 0.3) is 5.91 Å². The molecule has 1 aliphatic heterocycles. The number of pyridine rings is 1. The van der Waals surface area contributed by atoms with Crippen molar-refractivity contribution in [2.24, 2.45) is 0 Å². The first kappa shape index (κ1) is 9.75. The molecule has 1 saturated carbocycles. The molecule has 1 amide bonds. The molecule has 2 fully saturated rings. The van der Waals surface area contributed by atoms with E-state index in [0.29, 0.717) is 17.6 Å². The molecular weight excluding hydrogens is 207 g/mol. The topological polar surface area (TPSA) is 33.0 Å². The van der Waals surface area contributed by atoms with Crippen molar-refractivity contribution in [1.82, 2.24) is 9.88 Å². The number of aromatic nitrogens is 1. The Kier molecular flexibility index (Phi) is 2.16. The molecule has 2 aliphatic rings. The van der Waals surface area contributed by atoms with Crippen molar-refractivity contribution in [2.45, 2.75) is 37.8 Å². The molecule has 1 aromatic heterocycles. The van der Waals surface area contributed by atoms with Crippen molar-refractivity contribution in [1.29, 1.82) is 0 Å². The molecule has 0 spiro atoms. The maximum Gasteiger partial charge on any atom is 0.254 e. The minimum Gasteiger partial charge on any atom is -0.329 e. The van der Waals surface area contributed by atoms with E-state index >= 15 is 0 Å². The van der Waals surface area contributed by atoms with Gasteiger partial charge >= 0.3 is 0 Å². The van der Waals surface area contributed by atoms with Crippen LogP contribution in [0.25, 0.3) is 0 Å². The summed E-state index contributed by atoms with van der Waals surface area (Å²) >= 11 is 0. The maximum absolute atomic E-state index is 12.9. The zero-order valence-corrected chi connectivity index (χ0v) is 8.90. The summed E-state index contributed by atoms with van der Waals surface area (Å²) in [6.07, 6.45) is 5.95. The molecule has 84 valence electrons. The summed E-state index contributed by atoms with van der Waals surface area (Å²) in [6, 6.07) is 3.62. The second-order valence-electron chi connectivity index (χ2n) is 4.50. The number of carbonyl (C=O) groups excluding carboxylic acids is 1. The number of rotatable bonds is 1. The molecule has 3 rings (SSSR count). The van der Waals surface area contributed by atoms with E-state index < -0.39 is 5.95 Å². The fourth-order valence-electron chi connectivity index (χ4n) is 2.69. The Labute approximate surface area is 93.3 Å². The highest BCUT2D eigenvalue weighted by atomic mass is 19.1. The van der Waals surface area contributed by atoms with Gasteiger partial charge in [-0.15, -0.1) is 0 Å². The van der Waals surface area contributed by atoms with Gasteiger partial charge in [0.1, 0.15) is 0 Å². The Morgan fingerprint density at radius 1 is 1.38 bits per heavy atom. The molecule has 1 aliphatic carbocycles. The van der Waals surface area contributed by atoms with Gasteiger partial charge in [-0.3, -0.25) is 4.79 Å². The van der Waals surface area contributed by atoms with E-state index in [9.17, 15) is 9.18 Å². The fourth-order valence-corrected chi connectivity index (χ4v) is 2.69. The molecule has 2 heterocycles. The predicted molar refractivity (Wildman–Crippen MR) is 56.4 cm³/mol. The first-order valence-corrected chi connectivity index (χ1v) is 5.71. The highest BCUT2D eigenvalue weighted by molar-refractivity contribution is 5.96. The standard InChI is InChI=1S/C12H13FN2O/c13-11-7-8(5-6-14-11)12(16)15-9-3-1-2-4-10(9)15/h5-7,9-10H,1-4H2/t9-,10-/m1/s1. The van der Waals surface area contributed by atoms with Crippen molar-refractivity contribution in [3.63, 3.8) is 0 Å². The zero-order chi connectivity index (χ0) is 11.1. The number of fused-ring (bicyclic) bond motifs is 1. The fraction of sp³-hybridized carbons (Fsp3) is 0.500. The number of amides is 1. The van der Waals surface area contributed by atoms with Crippen molar-refractivity contribution < 1.29 is 9.18 Å². The Balaban J connectivity index is 1.79. The van der Waals surface area contributed by atoms with Crippen molar-refractivity contribution in [2.75, 3.05) is 0 Å². The summed E-state index contributed by atoms with van der Waals surface area (Å²) in [4.78, 5) is 17.4. The van der Waals surface area contributed by atoms with Crippen LogP contribution in [-0.2, 0) is 0 Å². The number of halogens is 1. The van der Waals surface area contributed by atoms with Gasteiger partial charge in [0.15, 0.2) is 0 Å². The van der Waals surface area contributed by atoms with Gasteiger partial charge < -0.3 is 4.90 Å². The normalized spacial score (nSPS) is 27.4. The number of carbonyl (C=O) groups is 1. The summed E-state index contributed by atoms with van der Waals surface area (Å²) in [5, 5.41) is 0. The molecular formula is C12H13FN2O. The summed E-state index contributed by atoms with van der Waals surface area (Å²) < 4.78 is 12.9. The van der Waals surface area contributed by atoms with Crippen LogP contribution in [0.15, 0.2) is 18.3 Å². The lowest BCUT2D eigenvalue weighted by Gasteiger charge is -2.03. The van der Waals surface area contributed by atoms with Crippen LogP contribution < -0.4 is 0 Å². The molecule has 0 unspecified atom stereocenters. The van der Waals surface area contributed by atoms with Gasteiger partial charge in [-0.1, -0.05) is 12.8 Å². The highest BCUT2D eigenvalue weighted by Crippen LogP contribution is 2.41. The van der Waals surface area contributed by atoms with Crippen LogP contribution in [-0.4, -0.2) is 27.9 Å². The second kappa shape index (κ2) is 3.54. The van der Waals surface area contributed by atoms with E-state index in [2.05, 4.69) is 4.98 Å². The Morgan fingerprint density at radius 3 is 2.69 bits per heavy atom. The third-order valence-corrected chi connectivity index (χ3v) is 3.53. The summed E-state index contributed by atoms with van der Waals surface area (Å²) in [5.41, 5.74) is 0.418. The van der Waals surface area contributed by atoms with E-state index in [1.165, 1.54) is 25.1 Å². The lowest BCUT2D eigenvalue weighted by Crippen LogP contribution is -2.15. The van der Waals surface area contributed by atoms with Crippen LogP contribution in [0.1, 0.15) is 36.0 Å². The molecule has 1 saturated heterocycles. The van der Waals surface area contributed by atoms with E-state index in [1.54, 1.807) is 6.07 Å². The second-order valence-corrected chi connectivity index (χ2v) is 4.50. The predicted octanol–water partition coefficient (Wildman–Crippen LogP) is 1.99. The van der Waals surface area contributed by atoms with Crippen LogP contribution in [0, 0.1) is 5.95 Å². The number of nitrogens with zero attached hydrogens (tertiary/aromatic N) is 2. The number of likely N-dealkylation sites (tertiary alicyclic amines) is 1. The largest absolute Gasteiger partial charge is 0.329 e. The quantitative estimate of drug-likeness (QED) is 0.535. The van der Waals surface area contributed by atoms with Gasteiger partial charge in [0.2, 0.25) is 5.95 Å². The first-order chi connectivity index (χ1) is 7.77. The maximum atomic E-state index is 12.9. The molecule has 3 nitrogen and oxygen atoms in total. The van der Waals surface area contributed by atoms with Crippen LogP contribution in [0.2, 0.25) is 0 Å².